The first kappa shape index (κ1) is 20.6. The molecule has 0 N–H and O–H groups in total. The van der Waals surface area contributed by atoms with Crippen LogP contribution in [-0.4, -0.2) is 51.5 Å². The van der Waals surface area contributed by atoms with Crippen molar-refractivity contribution in [2.45, 2.75) is 59.4 Å². The van der Waals surface area contributed by atoms with E-state index in [4.69, 9.17) is 4.98 Å². The van der Waals surface area contributed by atoms with Crippen LogP contribution in [0, 0.1) is 20.8 Å². The lowest BCUT2D eigenvalue weighted by Crippen LogP contribution is -2.48. The number of nitrogens with zero attached hydrogens (tertiary/aromatic N) is 5. The average molecular weight is 408 g/mol. The highest BCUT2D eigenvalue weighted by molar-refractivity contribution is 5.92. The van der Waals surface area contributed by atoms with Crippen molar-refractivity contribution in [1.82, 2.24) is 19.4 Å². The number of aryl methyl sites for hydroxylation is 2. The van der Waals surface area contributed by atoms with Crippen molar-refractivity contribution < 1.29 is 4.79 Å². The van der Waals surface area contributed by atoms with E-state index in [1.165, 1.54) is 24.2 Å². The van der Waals surface area contributed by atoms with Crippen molar-refractivity contribution >= 4 is 17.8 Å². The zero-order valence-electron chi connectivity index (χ0n) is 18.9. The van der Waals surface area contributed by atoms with Gasteiger partial charge in [-0.2, -0.15) is 0 Å². The summed E-state index contributed by atoms with van der Waals surface area (Å²) in [6, 6.07) is 4.90. The van der Waals surface area contributed by atoms with Crippen molar-refractivity contribution in [3.63, 3.8) is 0 Å². The average Bonchev–Trinajstić information content (AvgIpc) is 3.51. The van der Waals surface area contributed by atoms with Gasteiger partial charge in [-0.3, -0.25) is 4.79 Å². The molecule has 1 aliphatic heterocycles. The van der Waals surface area contributed by atoms with Crippen LogP contribution in [0.15, 0.2) is 18.2 Å². The molecule has 2 aliphatic rings. The van der Waals surface area contributed by atoms with E-state index in [2.05, 4.69) is 48.2 Å². The topological polar surface area (TPSA) is 54.3 Å². The van der Waals surface area contributed by atoms with Crippen molar-refractivity contribution in [3.05, 3.63) is 46.7 Å². The molecular formula is C24H33N5O. The number of aromatic nitrogens is 3. The maximum atomic E-state index is 12.7. The molecule has 2 fully saturated rings. The molecule has 30 heavy (non-hydrogen) atoms. The van der Waals surface area contributed by atoms with Gasteiger partial charge in [-0.15, -0.1) is 0 Å². The zero-order chi connectivity index (χ0) is 21.4. The van der Waals surface area contributed by atoms with Crippen molar-refractivity contribution in [1.29, 1.82) is 0 Å². The second kappa shape index (κ2) is 8.25. The summed E-state index contributed by atoms with van der Waals surface area (Å²) in [4.78, 5) is 26.2. The number of anilines is 1. The molecular weight excluding hydrogens is 374 g/mol. The summed E-state index contributed by atoms with van der Waals surface area (Å²) in [5.41, 5.74) is 4.71. The zero-order valence-corrected chi connectivity index (χ0v) is 18.9. The van der Waals surface area contributed by atoms with Gasteiger partial charge in [0.25, 0.3) is 0 Å². The highest BCUT2D eigenvalue weighted by atomic mass is 16.2. The van der Waals surface area contributed by atoms with E-state index in [-0.39, 0.29) is 5.91 Å². The van der Waals surface area contributed by atoms with E-state index in [1.807, 2.05) is 24.0 Å². The van der Waals surface area contributed by atoms with Gasteiger partial charge >= 0.3 is 0 Å². The summed E-state index contributed by atoms with van der Waals surface area (Å²) in [6.45, 7) is 13.6. The summed E-state index contributed by atoms with van der Waals surface area (Å²) in [5, 5.41) is 0. The van der Waals surface area contributed by atoms with Crippen molar-refractivity contribution in [2.24, 2.45) is 0 Å². The maximum absolute atomic E-state index is 12.7. The third-order valence-corrected chi connectivity index (χ3v) is 6.13. The normalized spacial score (nSPS) is 17.4. The Morgan fingerprint density at radius 2 is 1.77 bits per heavy atom. The Bertz CT molecular complexity index is 962. The third kappa shape index (κ3) is 4.27. The number of rotatable bonds is 5. The number of carbonyl (C=O) groups is 1. The van der Waals surface area contributed by atoms with Gasteiger partial charge in [-0.1, -0.05) is 13.8 Å². The second-order valence-corrected chi connectivity index (χ2v) is 8.95. The van der Waals surface area contributed by atoms with E-state index in [0.29, 0.717) is 25.0 Å². The fourth-order valence-electron chi connectivity index (χ4n) is 4.28. The van der Waals surface area contributed by atoms with Gasteiger partial charge < -0.3 is 14.4 Å². The van der Waals surface area contributed by atoms with Gasteiger partial charge in [0.15, 0.2) is 0 Å². The summed E-state index contributed by atoms with van der Waals surface area (Å²) in [7, 11) is 0. The summed E-state index contributed by atoms with van der Waals surface area (Å²) in [5.74, 6) is 2.25. The molecule has 6 heteroatoms. The Morgan fingerprint density at radius 3 is 2.40 bits per heavy atom. The molecule has 3 heterocycles. The van der Waals surface area contributed by atoms with Gasteiger partial charge in [-0.25, -0.2) is 9.97 Å². The van der Waals surface area contributed by atoms with Crippen LogP contribution in [0.5, 0.6) is 0 Å². The lowest BCUT2D eigenvalue weighted by Gasteiger charge is -2.35. The molecule has 0 unspecified atom stereocenters. The second-order valence-electron chi connectivity index (χ2n) is 8.95. The smallest absolute Gasteiger partial charge is 0.246 e. The van der Waals surface area contributed by atoms with Crippen molar-refractivity contribution in [3.8, 4) is 0 Å². The quantitative estimate of drug-likeness (QED) is 0.703. The molecule has 1 saturated carbocycles. The molecule has 0 bridgehead atoms. The summed E-state index contributed by atoms with van der Waals surface area (Å²) < 4.78 is 2.41. The van der Waals surface area contributed by atoms with Crippen LogP contribution in [0.4, 0.5) is 5.82 Å². The Morgan fingerprint density at radius 1 is 1.07 bits per heavy atom. The minimum Gasteiger partial charge on any atom is -0.353 e. The first-order chi connectivity index (χ1) is 14.3. The van der Waals surface area contributed by atoms with Gasteiger partial charge in [0, 0.05) is 67.4 Å². The highest BCUT2D eigenvalue weighted by Gasteiger charge is 2.27. The van der Waals surface area contributed by atoms with Crippen LogP contribution in [0.1, 0.15) is 67.1 Å². The molecule has 1 aliphatic carbocycles. The molecule has 6 nitrogen and oxygen atoms in total. The van der Waals surface area contributed by atoms with Crippen LogP contribution < -0.4 is 4.90 Å². The Labute approximate surface area is 179 Å². The van der Waals surface area contributed by atoms with Crippen molar-refractivity contribution in [2.75, 3.05) is 31.1 Å². The molecule has 4 rings (SSSR count). The molecule has 0 aromatic carbocycles. The SMILES string of the molecule is Cc1cc(N2CCN(C(=O)C=Cc3cc(C)n(C4CC4)c3C)CC2)nc(C(C)C)n1. The first-order valence-electron chi connectivity index (χ1n) is 11.1. The first-order valence-corrected chi connectivity index (χ1v) is 11.1. The minimum absolute atomic E-state index is 0.0904. The van der Waals surface area contributed by atoms with E-state index < -0.39 is 0 Å². The number of carbonyl (C=O) groups excluding carboxylic acids is 1. The summed E-state index contributed by atoms with van der Waals surface area (Å²) >= 11 is 0. The molecule has 1 saturated heterocycles. The predicted octanol–water partition coefficient (Wildman–Crippen LogP) is 4.02. The maximum Gasteiger partial charge on any atom is 0.246 e. The van der Waals surface area contributed by atoms with Gasteiger partial charge in [0.1, 0.15) is 11.6 Å². The minimum atomic E-state index is 0.0904. The number of hydrogen-bond donors (Lipinski definition) is 0. The standard InChI is InChI=1S/C24H33N5O/c1-16(2)24-25-17(3)14-22(26-24)27-10-12-28(13-11-27)23(30)9-6-20-15-18(4)29(19(20)5)21-7-8-21/h6,9,14-16,21H,7-8,10-13H2,1-5H3. The monoisotopic (exact) mass is 407 g/mol. The molecule has 0 spiro atoms. The van der Waals surface area contributed by atoms with Gasteiger partial charge in [-0.05, 0) is 51.3 Å². The number of hydrogen-bond acceptors (Lipinski definition) is 4. The Balaban J connectivity index is 1.38. The Kier molecular flexibility index (Phi) is 5.67. The van der Waals surface area contributed by atoms with Gasteiger partial charge in [0.05, 0.1) is 0 Å². The lowest BCUT2D eigenvalue weighted by atomic mass is 10.2. The third-order valence-electron chi connectivity index (χ3n) is 6.13. The molecule has 2 aromatic heterocycles. The van der Waals surface area contributed by atoms with E-state index >= 15 is 0 Å². The van der Waals surface area contributed by atoms with E-state index in [0.717, 1.165) is 36.0 Å². The molecule has 160 valence electrons. The molecule has 0 atom stereocenters. The largest absolute Gasteiger partial charge is 0.353 e. The molecule has 1 amide bonds. The predicted molar refractivity (Wildman–Crippen MR) is 121 cm³/mol. The fourth-order valence-corrected chi connectivity index (χ4v) is 4.28. The van der Waals surface area contributed by atoms with Crippen LogP contribution in [-0.2, 0) is 4.79 Å². The molecule has 0 radical (unpaired) electrons. The fraction of sp³-hybridized carbons (Fsp3) is 0.542. The van der Waals surface area contributed by atoms with Crippen LogP contribution in [0.2, 0.25) is 0 Å². The van der Waals surface area contributed by atoms with Crippen LogP contribution in [0.25, 0.3) is 6.08 Å². The number of amides is 1. The molecule has 2 aromatic rings. The van der Waals surface area contributed by atoms with Gasteiger partial charge in [0.2, 0.25) is 5.91 Å². The Hall–Kier alpha value is -2.63. The van der Waals surface area contributed by atoms with E-state index in [1.54, 1.807) is 6.08 Å². The van der Waals surface area contributed by atoms with Crippen LogP contribution in [0.3, 0.4) is 0 Å². The highest BCUT2D eigenvalue weighted by Crippen LogP contribution is 2.38. The van der Waals surface area contributed by atoms with E-state index in [9.17, 15) is 4.79 Å². The van der Waals surface area contributed by atoms with Crippen LogP contribution >= 0.6 is 0 Å². The number of piperazine rings is 1. The lowest BCUT2D eigenvalue weighted by molar-refractivity contribution is -0.126. The summed E-state index contributed by atoms with van der Waals surface area (Å²) in [6.07, 6.45) is 6.26.